The minimum Gasteiger partial charge on any atom is -0.489 e. The first-order chi connectivity index (χ1) is 21.2. The lowest BCUT2D eigenvalue weighted by molar-refractivity contribution is -0.139. The number of carbonyl (C=O) groups excluding carboxylic acids is 2. The predicted octanol–water partition coefficient (Wildman–Crippen LogP) is 4.80. The fraction of sp³-hybridized carbons (Fsp3) is 0.355. The number of fused-ring (bicyclic) bond motifs is 3. The van der Waals surface area contributed by atoms with E-state index in [1.54, 1.807) is 7.05 Å². The highest BCUT2D eigenvalue weighted by Crippen LogP contribution is 2.53. The SMILES string of the molecule is CN1C[C@@H](C(=O)N2CC[C@@]3(S(=O)(=O)c4ccc(F)cc4)c4ccc(OCc5c(F)cccc5C(F)(F)F)cc4CC[C@@H]23)NC1=O. The normalized spacial score (nSPS) is 23.0. The topological polar surface area (TPSA) is 96.0 Å². The van der Waals surface area contributed by atoms with E-state index in [1.165, 1.54) is 40.1 Å². The van der Waals surface area contributed by atoms with Gasteiger partial charge in [-0.1, -0.05) is 12.1 Å². The highest BCUT2D eigenvalue weighted by atomic mass is 32.2. The highest BCUT2D eigenvalue weighted by Gasteiger charge is 2.61. The lowest BCUT2D eigenvalue weighted by Gasteiger charge is -2.43. The first kappa shape index (κ1) is 30.8. The molecule has 8 nitrogen and oxygen atoms in total. The standard InChI is InChI=1S/C31H28F5N3O5S/c1-38-16-26(37-29(38)41)28(40)39-14-13-30(45(42,43)21-9-6-19(32)7-10-21)23-11-8-20(15-18(23)5-12-27(30)39)44-17-22-24(31(34,35)36)3-2-4-25(22)33/h2-4,6-11,15,26-27H,5,12-14,16-17H2,1H3,(H,37,41)/t26-,27+,30+/m0/s1. The molecule has 2 saturated heterocycles. The van der Waals surface area contributed by atoms with Crippen LogP contribution in [0.25, 0.3) is 0 Å². The predicted molar refractivity (Wildman–Crippen MR) is 151 cm³/mol. The summed E-state index contributed by atoms with van der Waals surface area (Å²) in [5, 5.41) is 2.63. The maximum Gasteiger partial charge on any atom is 0.416 e. The molecule has 1 aliphatic carbocycles. The van der Waals surface area contributed by atoms with Crippen LogP contribution in [-0.4, -0.2) is 62.4 Å². The third-order valence-electron chi connectivity index (χ3n) is 8.95. The summed E-state index contributed by atoms with van der Waals surface area (Å²) < 4.78 is 102. The van der Waals surface area contributed by atoms with Gasteiger partial charge in [0.25, 0.3) is 0 Å². The van der Waals surface area contributed by atoms with Gasteiger partial charge in [-0.25, -0.2) is 22.0 Å². The van der Waals surface area contributed by atoms with Crippen LogP contribution in [-0.2, 0) is 38.6 Å². The average molecular weight is 650 g/mol. The number of urea groups is 1. The number of nitrogens with one attached hydrogen (secondary N) is 1. The summed E-state index contributed by atoms with van der Waals surface area (Å²) in [6.45, 7) is -0.523. The minimum atomic E-state index is -4.80. The minimum absolute atomic E-state index is 0.0109. The summed E-state index contributed by atoms with van der Waals surface area (Å²) in [6.07, 6.45) is -4.27. The van der Waals surface area contributed by atoms with Crippen LogP contribution < -0.4 is 10.1 Å². The van der Waals surface area contributed by atoms with Gasteiger partial charge in [-0.2, -0.15) is 13.2 Å². The molecule has 3 atom stereocenters. The van der Waals surface area contributed by atoms with Crippen LogP contribution >= 0.6 is 0 Å². The van der Waals surface area contributed by atoms with E-state index >= 15 is 0 Å². The number of alkyl halides is 3. The smallest absolute Gasteiger partial charge is 0.416 e. The zero-order valence-corrected chi connectivity index (χ0v) is 24.7. The first-order valence-corrected chi connectivity index (χ1v) is 15.7. The molecule has 3 aromatic rings. The molecule has 0 saturated carbocycles. The molecule has 6 rings (SSSR count). The summed E-state index contributed by atoms with van der Waals surface area (Å²) in [5.74, 6) is -2.00. The van der Waals surface area contributed by atoms with Crippen molar-refractivity contribution in [3.8, 4) is 5.75 Å². The van der Waals surface area contributed by atoms with Crippen LogP contribution in [0.4, 0.5) is 26.7 Å². The van der Waals surface area contributed by atoms with Crippen LogP contribution in [0.1, 0.15) is 35.1 Å². The number of benzene rings is 3. The second kappa shape index (κ2) is 11.0. The molecule has 2 heterocycles. The fourth-order valence-electron chi connectivity index (χ4n) is 6.81. The van der Waals surface area contributed by atoms with Gasteiger partial charge in [0.1, 0.15) is 34.8 Å². The van der Waals surface area contributed by atoms with Crippen LogP contribution in [0.15, 0.2) is 65.6 Å². The summed E-state index contributed by atoms with van der Waals surface area (Å²) in [5.41, 5.74) is -0.886. The Morgan fingerprint density at radius 3 is 2.49 bits per heavy atom. The average Bonchev–Trinajstić information content (AvgIpc) is 3.56. The zero-order chi connectivity index (χ0) is 32.3. The number of hydrogen-bond acceptors (Lipinski definition) is 5. The Bertz CT molecular complexity index is 1780. The number of likely N-dealkylation sites (N-methyl/N-ethyl adjacent to an activating group) is 1. The Morgan fingerprint density at radius 2 is 1.82 bits per heavy atom. The number of aryl methyl sites for hydroxylation is 1. The molecule has 2 aliphatic heterocycles. The quantitative estimate of drug-likeness (QED) is 0.306. The lowest BCUT2D eigenvalue weighted by atomic mass is 9.78. The van der Waals surface area contributed by atoms with Gasteiger partial charge in [0, 0.05) is 19.2 Å². The molecule has 0 bridgehead atoms. The van der Waals surface area contributed by atoms with Gasteiger partial charge in [0.05, 0.1) is 23.0 Å². The molecule has 2 fully saturated rings. The third-order valence-corrected chi connectivity index (χ3v) is 11.5. The molecule has 1 N–H and O–H groups in total. The Hall–Kier alpha value is -4.20. The van der Waals surface area contributed by atoms with Gasteiger partial charge < -0.3 is 19.9 Å². The molecule has 0 unspecified atom stereocenters. The van der Waals surface area contributed by atoms with Crippen LogP contribution in [0, 0.1) is 11.6 Å². The van der Waals surface area contributed by atoms with Crippen LogP contribution in [0.5, 0.6) is 5.75 Å². The van der Waals surface area contributed by atoms with Crippen molar-refractivity contribution in [2.24, 2.45) is 0 Å². The number of sulfone groups is 1. The summed E-state index contributed by atoms with van der Waals surface area (Å²) >= 11 is 0. The van der Waals surface area contributed by atoms with E-state index in [0.717, 1.165) is 30.3 Å². The summed E-state index contributed by atoms with van der Waals surface area (Å²) in [4.78, 5) is 28.5. The molecule has 3 aromatic carbocycles. The molecular weight excluding hydrogens is 621 g/mol. The maximum absolute atomic E-state index is 14.5. The third kappa shape index (κ3) is 5.08. The molecule has 3 aliphatic rings. The summed E-state index contributed by atoms with van der Waals surface area (Å²) in [7, 11) is -2.73. The number of halogens is 5. The van der Waals surface area contributed by atoms with Crippen LogP contribution in [0.3, 0.4) is 0 Å². The van der Waals surface area contributed by atoms with Crippen molar-refractivity contribution in [1.82, 2.24) is 15.1 Å². The lowest BCUT2D eigenvalue weighted by Crippen LogP contribution is -2.55. The Kier molecular flexibility index (Phi) is 7.53. The van der Waals surface area contributed by atoms with Gasteiger partial charge in [-0.05, 0) is 78.9 Å². The van der Waals surface area contributed by atoms with E-state index in [1.807, 2.05) is 0 Å². The van der Waals surface area contributed by atoms with E-state index in [0.29, 0.717) is 17.5 Å². The second-order valence-corrected chi connectivity index (χ2v) is 13.6. The zero-order valence-electron chi connectivity index (χ0n) is 23.9. The number of hydrogen-bond donors (Lipinski definition) is 1. The number of nitrogens with zero attached hydrogens (tertiary/aromatic N) is 2. The molecular formula is C31H28F5N3O5S. The van der Waals surface area contributed by atoms with Gasteiger partial charge in [-0.3, -0.25) is 4.79 Å². The first-order valence-electron chi connectivity index (χ1n) is 14.2. The monoisotopic (exact) mass is 649 g/mol. The van der Waals surface area contributed by atoms with E-state index in [-0.39, 0.29) is 36.6 Å². The molecule has 45 heavy (non-hydrogen) atoms. The van der Waals surface area contributed by atoms with E-state index in [4.69, 9.17) is 4.74 Å². The molecule has 0 radical (unpaired) electrons. The highest BCUT2D eigenvalue weighted by molar-refractivity contribution is 7.92. The Morgan fingerprint density at radius 1 is 1.09 bits per heavy atom. The number of ether oxygens (including phenoxy) is 1. The van der Waals surface area contributed by atoms with Crippen molar-refractivity contribution in [2.75, 3.05) is 20.1 Å². The van der Waals surface area contributed by atoms with Crippen molar-refractivity contribution >= 4 is 21.8 Å². The van der Waals surface area contributed by atoms with Crippen molar-refractivity contribution in [3.63, 3.8) is 0 Å². The molecule has 0 spiro atoms. The van der Waals surface area contributed by atoms with Gasteiger partial charge in [-0.15, -0.1) is 0 Å². The van der Waals surface area contributed by atoms with E-state index in [2.05, 4.69) is 5.32 Å². The Labute approximate surface area is 255 Å². The number of likely N-dealkylation sites (tertiary alicyclic amines) is 1. The largest absolute Gasteiger partial charge is 0.489 e. The van der Waals surface area contributed by atoms with Gasteiger partial charge >= 0.3 is 12.2 Å². The van der Waals surface area contributed by atoms with Crippen molar-refractivity contribution in [3.05, 3.63) is 94.6 Å². The van der Waals surface area contributed by atoms with Gasteiger partial charge in [0.15, 0.2) is 9.84 Å². The number of amides is 3. The molecule has 3 amide bonds. The van der Waals surface area contributed by atoms with Crippen molar-refractivity contribution < 1.29 is 44.7 Å². The molecule has 14 heteroatoms. The molecule has 238 valence electrons. The summed E-state index contributed by atoms with van der Waals surface area (Å²) in [6, 6.07) is 9.42. The molecule has 0 aromatic heterocycles. The number of rotatable bonds is 6. The van der Waals surface area contributed by atoms with Gasteiger partial charge in [0.2, 0.25) is 5.91 Å². The second-order valence-electron chi connectivity index (χ2n) is 11.4. The van der Waals surface area contributed by atoms with Crippen LogP contribution in [0.2, 0.25) is 0 Å². The Balaban J connectivity index is 1.38. The fourth-order valence-corrected chi connectivity index (χ4v) is 9.18. The van der Waals surface area contributed by atoms with Crippen molar-refractivity contribution in [1.29, 1.82) is 0 Å². The van der Waals surface area contributed by atoms with E-state index in [9.17, 15) is 40.0 Å². The number of carbonyl (C=O) groups is 2. The maximum atomic E-state index is 14.5. The van der Waals surface area contributed by atoms with E-state index < -0.39 is 74.2 Å². The van der Waals surface area contributed by atoms with Crippen molar-refractivity contribution in [2.45, 2.75) is 53.8 Å².